The average molecular weight is 307 g/mol. The second-order valence-corrected chi connectivity index (χ2v) is 7.71. The summed E-state index contributed by atoms with van der Waals surface area (Å²) in [5.41, 5.74) is 8.37. The summed E-state index contributed by atoms with van der Waals surface area (Å²) >= 11 is 0. The maximum atomic E-state index is 11.5. The first-order chi connectivity index (χ1) is 9.96. The van der Waals surface area contributed by atoms with Gasteiger partial charge in [-0.05, 0) is 54.0 Å². The van der Waals surface area contributed by atoms with Gasteiger partial charge in [0.2, 0.25) is 0 Å². The molecule has 1 aromatic heterocycles. The number of rotatable bonds is 2. The second-order valence-electron chi connectivity index (χ2n) is 5.40. The van der Waals surface area contributed by atoms with E-state index in [-0.39, 0.29) is 17.5 Å². The number of sulfone groups is 1. The molecule has 0 amide bonds. The summed E-state index contributed by atoms with van der Waals surface area (Å²) in [4.78, 5) is 0. The van der Waals surface area contributed by atoms with E-state index in [4.69, 9.17) is 5.73 Å². The van der Waals surface area contributed by atoms with Gasteiger partial charge in [-0.2, -0.15) is 0 Å². The summed E-state index contributed by atoms with van der Waals surface area (Å²) in [6.07, 6.45) is 1.10. The van der Waals surface area contributed by atoms with Gasteiger partial charge in [0.1, 0.15) is 9.84 Å². The third-order valence-corrected chi connectivity index (χ3v) is 5.57. The summed E-state index contributed by atoms with van der Waals surface area (Å²) in [5.74, 6) is 1.05. The average Bonchev–Trinajstić information content (AvgIpc) is 2.88. The Kier molecular flexibility index (Phi) is 3.40. The smallest absolute Gasteiger partial charge is 0.182 e. The molecule has 1 aromatic carbocycles. The zero-order valence-corrected chi connectivity index (χ0v) is 12.5. The molecule has 0 spiro atoms. The third-order valence-electron chi connectivity index (χ3n) is 3.85. The van der Waals surface area contributed by atoms with E-state index in [0.29, 0.717) is 24.4 Å². The molecule has 0 radical (unpaired) electrons. The molecule has 2 N–H and O–H groups in total. The largest absolute Gasteiger partial charge is 0.399 e. The fourth-order valence-corrected chi connectivity index (χ4v) is 4.14. The van der Waals surface area contributed by atoms with E-state index in [1.54, 1.807) is 4.68 Å². The molecule has 2 aromatic rings. The van der Waals surface area contributed by atoms with Gasteiger partial charge >= 0.3 is 0 Å². The van der Waals surface area contributed by atoms with Crippen LogP contribution in [0.5, 0.6) is 0 Å². The molecule has 112 valence electrons. The lowest BCUT2D eigenvalue weighted by atomic mass is 10.1. The zero-order valence-electron chi connectivity index (χ0n) is 11.7. The van der Waals surface area contributed by atoms with E-state index in [0.717, 1.165) is 11.1 Å². The highest BCUT2D eigenvalue weighted by Gasteiger charge is 2.27. The van der Waals surface area contributed by atoms with Crippen molar-refractivity contribution >= 4 is 15.5 Å². The Bertz CT molecular complexity index is 755. The summed E-state index contributed by atoms with van der Waals surface area (Å²) < 4.78 is 24.8. The molecule has 3 rings (SSSR count). The SMILES string of the molecule is Cc1cc(N)ccc1-c1nnnn1C1CCS(=O)(=O)CC1. The van der Waals surface area contributed by atoms with Crippen molar-refractivity contribution < 1.29 is 8.42 Å². The number of aromatic nitrogens is 4. The van der Waals surface area contributed by atoms with Crippen molar-refractivity contribution in [3.63, 3.8) is 0 Å². The minimum Gasteiger partial charge on any atom is -0.399 e. The van der Waals surface area contributed by atoms with Crippen LogP contribution in [0.3, 0.4) is 0 Å². The molecule has 2 heterocycles. The van der Waals surface area contributed by atoms with Gasteiger partial charge in [0.15, 0.2) is 5.82 Å². The molecule has 1 saturated heterocycles. The minimum atomic E-state index is -2.90. The van der Waals surface area contributed by atoms with Crippen molar-refractivity contribution in [3.05, 3.63) is 23.8 Å². The lowest BCUT2D eigenvalue weighted by Gasteiger charge is -2.22. The van der Waals surface area contributed by atoms with E-state index in [1.165, 1.54) is 0 Å². The van der Waals surface area contributed by atoms with Crippen LogP contribution in [0.1, 0.15) is 24.4 Å². The summed E-state index contributed by atoms with van der Waals surface area (Å²) in [5, 5.41) is 11.9. The van der Waals surface area contributed by atoms with Crippen molar-refractivity contribution in [1.29, 1.82) is 0 Å². The summed E-state index contributed by atoms with van der Waals surface area (Å²) in [6, 6.07) is 5.61. The van der Waals surface area contributed by atoms with Gasteiger partial charge in [0, 0.05) is 11.3 Å². The van der Waals surface area contributed by atoms with Crippen molar-refractivity contribution in [2.75, 3.05) is 17.2 Å². The van der Waals surface area contributed by atoms with Gasteiger partial charge in [-0.25, -0.2) is 13.1 Å². The first-order valence-electron chi connectivity index (χ1n) is 6.81. The van der Waals surface area contributed by atoms with Crippen LogP contribution in [0.15, 0.2) is 18.2 Å². The lowest BCUT2D eigenvalue weighted by Crippen LogP contribution is -2.26. The molecule has 1 aliphatic heterocycles. The Morgan fingerprint density at radius 1 is 1.29 bits per heavy atom. The van der Waals surface area contributed by atoms with Crippen molar-refractivity contribution in [2.24, 2.45) is 0 Å². The Morgan fingerprint density at radius 3 is 2.67 bits per heavy atom. The van der Waals surface area contributed by atoms with Crippen LogP contribution in [0.4, 0.5) is 5.69 Å². The number of hydrogen-bond acceptors (Lipinski definition) is 6. The maximum Gasteiger partial charge on any atom is 0.182 e. The van der Waals surface area contributed by atoms with Gasteiger partial charge in [-0.15, -0.1) is 5.10 Å². The normalized spacial score (nSPS) is 18.7. The minimum absolute atomic E-state index is 0.0236. The number of benzene rings is 1. The summed E-state index contributed by atoms with van der Waals surface area (Å²) in [6.45, 7) is 1.95. The lowest BCUT2D eigenvalue weighted by molar-refractivity contribution is 0.408. The molecule has 7 nitrogen and oxygen atoms in total. The Morgan fingerprint density at radius 2 is 2.00 bits per heavy atom. The first-order valence-corrected chi connectivity index (χ1v) is 8.63. The third kappa shape index (κ3) is 2.76. The molecule has 0 unspecified atom stereocenters. The van der Waals surface area contributed by atoms with Gasteiger partial charge in [-0.3, -0.25) is 0 Å². The van der Waals surface area contributed by atoms with Crippen LogP contribution in [0.2, 0.25) is 0 Å². The highest BCUT2D eigenvalue weighted by molar-refractivity contribution is 7.91. The number of aryl methyl sites for hydroxylation is 1. The van der Waals surface area contributed by atoms with Crippen LogP contribution in [0.25, 0.3) is 11.4 Å². The number of hydrogen-bond donors (Lipinski definition) is 1. The van der Waals surface area contributed by atoms with Crippen molar-refractivity contribution in [3.8, 4) is 11.4 Å². The Hall–Kier alpha value is -1.96. The maximum absolute atomic E-state index is 11.5. The Balaban J connectivity index is 1.94. The monoisotopic (exact) mass is 307 g/mol. The number of anilines is 1. The second kappa shape index (κ2) is 5.10. The van der Waals surface area contributed by atoms with Gasteiger partial charge in [-0.1, -0.05) is 0 Å². The molecule has 0 atom stereocenters. The van der Waals surface area contributed by atoms with Crippen LogP contribution < -0.4 is 5.73 Å². The van der Waals surface area contributed by atoms with E-state index in [2.05, 4.69) is 15.5 Å². The Labute approximate surface area is 123 Å². The number of nitrogen functional groups attached to an aromatic ring is 1. The molecule has 0 bridgehead atoms. The molecule has 8 heteroatoms. The van der Waals surface area contributed by atoms with E-state index in [1.807, 2.05) is 25.1 Å². The van der Waals surface area contributed by atoms with E-state index in [9.17, 15) is 8.42 Å². The molecular weight excluding hydrogens is 290 g/mol. The van der Waals surface area contributed by atoms with Crippen LogP contribution in [-0.2, 0) is 9.84 Å². The number of nitrogens with zero attached hydrogens (tertiary/aromatic N) is 4. The zero-order chi connectivity index (χ0) is 15.0. The molecule has 1 aliphatic rings. The predicted molar refractivity (Wildman–Crippen MR) is 79.3 cm³/mol. The standard InChI is InChI=1S/C13H17N5O2S/c1-9-8-10(14)2-3-12(9)13-15-16-17-18(13)11-4-6-21(19,20)7-5-11/h2-3,8,11H,4-7,14H2,1H3. The molecule has 21 heavy (non-hydrogen) atoms. The van der Waals surface area contributed by atoms with Gasteiger partial charge < -0.3 is 5.73 Å². The van der Waals surface area contributed by atoms with Crippen LogP contribution >= 0.6 is 0 Å². The van der Waals surface area contributed by atoms with Crippen LogP contribution in [-0.4, -0.2) is 40.1 Å². The van der Waals surface area contributed by atoms with Gasteiger partial charge in [0.25, 0.3) is 0 Å². The predicted octanol–water partition coefficient (Wildman–Crippen LogP) is 0.980. The van der Waals surface area contributed by atoms with Crippen molar-refractivity contribution in [1.82, 2.24) is 20.2 Å². The number of nitrogens with two attached hydrogens (primary N) is 1. The fraction of sp³-hybridized carbons (Fsp3) is 0.462. The van der Waals surface area contributed by atoms with E-state index < -0.39 is 9.84 Å². The molecule has 1 fully saturated rings. The quantitative estimate of drug-likeness (QED) is 0.829. The van der Waals surface area contributed by atoms with Crippen LogP contribution in [0, 0.1) is 6.92 Å². The van der Waals surface area contributed by atoms with E-state index >= 15 is 0 Å². The van der Waals surface area contributed by atoms with Crippen molar-refractivity contribution in [2.45, 2.75) is 25.8 Å². The fourth-order valence-electron chi connectivity index (χ4n) is 2.68. The highest BCUT2D eigenvalue weighted by atomic mass is 32.2. The molecular formula is C13H17N5O2S. The molecule has 0 aliphatic carbocycles. The van der Waals surface area contributed by atoms with Gasteiger partial charge in [0.05, 0.1) is 17.5 Å². The summed E-state index contributed by atoms with van der Waals surface area (Å²) in [7, 11) is -2.90. The number of tetrazole rings is 1. The first kappa shape index (κ1) is 14.0. The molecule has 0 saturated carbocycles. The topological polar surface area (TPSA) is 104 Å². The highest BCUT2D eigenvalue weighted by Crippen LogP contribution is 2.29.